The Morgan fingerprint density at radius 3 is 2.63 bits per heavy atom. The summed E-state index contributed by atoms with van der Waals surface area (Å²) < 4.78 is 18.3. The molecule has 0 aliphatic carbocycles. The molecule has 0 unspecified atom stereocenters. The number of hydrogen-bond donors (Lipinski definition) is 1. The number of ether oxygens (including phenoxy) is 2. The normalized spacial score (nSPS) is 16.4. The highest BCUT2D eigenvalue weighted by Crippen LogP contribution is 2.33. The van der Waals surface area contributed by atoms with Crippen molar-refractivity contribution < 1.29 is 13.9 Å². The van der Waals surface area contributed by atoms with Crippen LogP contribution in [0.3, 0.4) is 0 Å². The molecular formula is C30H31N7O4. The fourth-order valence-electron chi connectivity index (χ4n) is 5.74. The molecule has 7 rings (SSSR count). The number of nitrogens with zero attached hydrogens (tertiary/aromatic N) is 6. The van der Waals surface area contributed by atoms with Crippen molar-refractivity contribution in [3.8, 4) is 11.5 Å². The number of tetrazole rings is 1. The number of pyridine rings is 1. The highest BCUT2D eigenvalue weighted by atomic mass is 16.7. The first-order valence-corrected chi connectivity index (χ1v) is 13.9. The Morgan fingerprint density at radius 1 is 0.951 bits per heavy atom. The molecule has 41 heavy (non-hydrogen) atoms. The van der Waals surface area contributed by atoms with Gasteiger partial charge in [-0.3, -0.25) is 14.6 Å². The summed E-state index contributed by atoms with van der Waals surface area (Å²) in [7, 11) is 0. The molecule has 1 fully saturated rings. The zero-order chi connectivity index (χ0) is 27.8. The van der Waals surface area contributed by atoms with Crippen LogP contribution in [0.4, 0.5) is 0 Å². The third kappa shape index (κ3) is 5.09. The fourth-order valence-corrected chi connectivity index (χ4v) is 5.74. The van der Waals surface area contributed by atoms with Crippen LogP contribution in [0.1, 0.15) is 41.2 Å². The Balaban J connectivity index is 1.19. The zero-order valence-electron chi connectivity index (χ0n) is 22.8. The third-order valence-electron chi connectivity index (χ3n) is 7.95. The Kier molecular flexibility index (Phi) is 6.73. The Labute approximate surface area is 236 Å². The van der Waals surface area contributed by atoms with Gasteiger partial charge in [-0.05, 0) is 75.8 Å². The number of piperazine rings is 1. The van der Waals surface area contributed by atoms with Crippen molar-refractivity contribution in [3.05, 3.63) is 99.5 Å². The molecule has 2 aliphatic rings. The molecule has 3 aromatic heterocycles. The monoisotopic (exact) mass is 553 g/mol. The van der Waals surface area contributed by atoms with E-state index in [-0.39, 0.29) is 12.4 Å². The summed E-state index contributed by atoms with van der Waals surface area (Å²) in [6.45, 7) is 6.73. The number of H-pyrrole nitrogens is 1. The van der Waals surface area contributed by atoms with Crippen LogP contribution in [-0.4, -0.2) is 68.0 Å². The summed E-state index contributed by atoms with van der Waals surface area (Å²) in [5.74, 6) is 2.94. The smallest absolute Gasteiger partial charge is 0.253 e. The van der Waals surface area contributed by atoms with E-state index in [0.29, 0.717) is 17.9 Å². The van der Waals surface area contributed by atoms with Gasteiger partial charge in [0.15, 0.2) is 17.3 Å². The Bertz CT molecular complexity index is 1720. The van der Waals surface area contributed by atoms with Gasteiger partial charge in [-0.2, -0.15) is 0 Å². The molecule has 1 N–H and O–H groups in total. The largest absolute Gasteiger partial charge is 0.467 e. The first kappa shape index (κ1) is 25.5. The highest BCUT2D eigenvalue weighted by Gasteiger charge is 2.33. The first-order chi connectivity index (χ1) is 20.1. The number of aromatic amines is 1. The van der Waals surface area contributed by atoms with E-state index >= 15 is 0 Å². The van der Waals surface area contributed by atoms with E-state index in [2.05, 4.69) is 61.5 Å². The minimum atomic E-state index is -0.425. The van der Waals surface area contributed by atoms with Crippen LogP contribution in [0.5, 0.6) is 11.5 Å². The molecule has 5 aromatic rings. The van der Waals surface area contributed by atoms with Crippen LogP contribution < -0.4 is 15.0 Å². The summed E-state index contributed by atoms with van der Waals surface area (Å²) in [4.78, 5) is 21.4. The third-order valence-corrected chi connectivity index (χ3v) is 7.95. The van der Waals surface area contributed by atoms with Crippen LogP contribution in [0, 0.1) is 0 Å². The minimum Gasteiger partial charge on any atom is -0.467 e. The average molecular weight is 554 g/mol. The lowest BCUT2D eigenvalue weighted by atomic mass is 10.0. The number of rotatable bonds is 8. The first-order valence-electron chi connectivity index (χ1n) is 13.9. The van der Waals surface area contributed by atoms with Gasteiger partial charge in [0, 0.05) is 43.8 Å². The van der Waals surface area contributed by atoms with E-state index in [1.807, 2.05) is 30.3 Å². The number of hydrogen-bond acceptors (Lipinski definition) is 9. The standard InChI is InChI=1S/C30H31N7O4/c1-2-20-5-7-25-22(14-20)16-24(30(38)31-25)28(29-32-33-34-37(29)18-23-4-3-13-39-23)36-11-9-35(10-12-36)17-21-6-8-26-27(15-21)41-19-40-26/h3-8,13-16,28H,2,9-12,17-19H2,1H3,(H,31,38)/t28-/m1/s1. The van der Waals surface area contributed by atoms with Crippen LogP contribution in [0.2, 0.25) is 0 Å². The van der Waals surface area contributed by atoms with Crippen molar-refractivity contribution >= 4 is 10.9 Å². The second-order valence-corrected chi connectivity index (χ2v) is 10.5. The summed E-state index contributed by atoms with van der Waals surface area (Å²) in [5, 5.41) is 13.7. The lowest BCUT2D eigenvalue weighted by Gasteiger charge is -2.38. The van der Waals surface area contributed by atoms with Crippen LogP contribution in [0.15, 0.2) is 70.1 Å². The maximum Gasteiger partial charge on any atom is 0.253 e. The van der Waals surface area contributed by atoms with Crippen LogP contribution >= 0.6 is 0 Å². The van der Waals surface area contributed by atoms with Crippen molar-refractivity contribution in [2.75, 3.05) is 33.0 Å². The lowest BCUT2D eigenvalue weighted by Crippen LogP contribution is -2.48. The fraction of sp³-hybridized carbons (Fsp3) is 0.333. The van der Waals surface area contributed by atoms with E-state index in [4.69, 9.17) is 13.9 Å². The predicted molar refractivity (Wildman–Crippen MR) is 151 cm³/mol. The van der Waals surface area contributed by atoms with Crippen molar-refractivity contribution in [1.82, 2.24) is 35.0 Å². The van der Waals surface area contributed by atoms with Gasteiger partial charge >= 0.3 is 0 Å². The molecule has 210 valence electrons. The van der Waals surface area contributed by atoms with Crippen molar-refractivity contribution in [1.29, 1.82) is 0 Å². The van der Waals surface area contributed by atoms with Crippen LogP contribution in [0.25, 0.3) is 10.9 Å². The molecule has 1 saturated heterocycles. The van der Waals surface area contributed by atoms with Crippen molar-refractivity contribution in [3.63, 3.8) is 0 Å². The Hall–Kier alpha value is -4.48. The highest BCUT2D eigenvalue weighted by molar-refractivity contribution is 5.80. The van der Waals surface area contributed by atoms with Gasteiger partial charge in [0.1, 0.15) is 18.3 Å². The number of benzene rings is 2. The predicted octanol–water partition coefficient (Wildman–Crippen LogP) is 3.35. The molecule has 5 heterocycles. The second-order valence-electron chi connectivity index (χ2n) is 10.5. The minimum absolute atomic E-state index is 0.137. The summed E-state index contributed by atoms with van der Waals surface area (Å²) in [6.07, 6.45) is 2.55. The Morgan fingerprint density at radius 2 is 1.80 bits per heavy atom. The molecule has 0 bridgehead atoms. The number of aromatic nitrogens is 5. The molecular weight excluding hydrogens is 522 g/mol. The summed E-state index contributed by atoms with van der Waals surface area (Å²) in [5.41, 5.74) is 3.71. The van der Waals surface area contributed by atoms with Gasteiger partial charge in [0.25, 0.3) is 5.56 Å². The molecule has 2 aliphatic heterocycles. The number of nitrogens with one attached hydrogen (secondary N) is 1. The van der Waals surface area contributed by atoms with E-state index in [0.717, 1.165) is 67.3 Å². The van der Waals surface area contributed by atoms with Gasteiger partial charge in [-0.15, -0.1) is 5.10 Å². The maximum absolute atomic E-state index is 13.6. The van der Waals surface area contributed by atoms with Gasteiger partial charge in [-0.25, -0.2) is 4.68 Å². The average Bonchev–Trinajstić information content (AvgIpc) is 3.77. The number of fused-ring (bicyclic) bond motifs is 2. The van der Waals surface area contributed by atoms with Crippen molar-refractivity contribution in [2.45, 2.75) is 32.5 Å². The molecule has 2 aromatic carbocycles. The maximum atomic E-state index is 13.6. The molecule has 11 nitrogen and oxygen atoms in total. The SMILES string of the molecule is CCc1ccc2[nH]c(=O)c([C@H](c3nnnn3Cc3ccco3)N3CCN(Cc4ccc5c(c4)OCO5)CC3)cc2c1. The molecule has 11 heteroatoms. The van der Waals surface area contributed by atoms with E-state index < -0.39 is 6.04 Å². The quantitative estimate of drug-likeness (QED) is 0.309. The number of furan rings is 1. The summed E-state index contributed by atoms with van der Waals surface area (Å²) in [6, 6.07) is 17.6. The van der Waals surface area contributed by atoms with Gasteiger partial charge in [0.05, 0.1) is 6.26 Å². The van der Waals surface area contributed by atoms with E-state index in [9.17, 15) is 4.79 Å². The topological polar surface area (TPSA) is 115 Å². The van der Waals surface area contributed by atoms with Gasteiger partial charge in [0.2, 0.25) is 6.79 Å². The molecule has 0 amide bonds. The zero-order valence-corrected chi connectivity index (χ0v) is 22.8. The molecule has 0 radical (unpaired) electrons. The second kappa shape index (κ2) is 10.8. The van der Waals surface area contributed by atoms with Crippen molar-refractivity contribution in [2.24, 2.45) is 0 Å². The van der Waals surface area contributed by atoms with Gasteiger partial charge in [-0.1, -0.05) is 19.1 Å². The molecule has 1 atom stereocenters. The van der Waals surface area contributed by atoms with E-state index in [1.165, 1.54) is 11.1 Å². The molecule has 0 saturated carbocycles. The summed E-state index contributed by atoms with van der Waals surface area (Å²) >= 11 is 0. The number of aryl methyl sites for hydroxylation is 1. The van der Waals surface area contributed by atoms with E-state index in [1.54, 1.807) is 10.9 Å². The molecule has 0 spiro atoms. The van der Waals surface area contributed by atoms with Crippen LogP contribution in [-0.2, 0) is 19.5 Å². The van der Waals surface area contributed by atoms with Gasteiger partial charge < -0.3 is 18.9 Å². The lowest BCUT2D eigenvalue weighted by molar-refractivity contribution is 0.0997.